The zero-order chi connectivity index (χ0) is 20.8. The molecule has 3 aromatic rings. The molecule has 1 aromatic heterocycles. The van der Waals surface area contributed by atoms with E-state index in [2.05, 4.69) is 15.6 Å². The van der Waals surface area contributed by atoms with E-state index < -0.39 is 0 Å². The number of anilines is 1. The van der Waals surface area contributed by atoms with Crippen LogP contribution >= 0.6 is 0 Å². The lowest BCUT2D eigenvalue weighted by Crippen LogP contribution is -2.23. The average molecular weight is 401 g/mol. The van der Waals surface area contributed by atoms with Crippen LogP contribution in [0.4, 0.5) is 5.69 Å². The van der Waals surface area contributed by atoms with E-state index in [1.54, 1.807) is 36.7 Å². The number of hydrogen-bond acceptors (Lipinski definition) is 4. The topological polar surface area (TPSA) is 80.3 Å². The second-order valence-corrected chi connectivity index (χ2v) is 7.32. The largest absolute Gasteiger partial charge is 0.489 e. The van der Waals surface area contributed by atoms with E-state index >= 15 is 0 Å². The molecule has 2 amide bonds. The molecule has 1 aliphatic rings. The van der Waals surface area contributed by atoms with Crippen molar-refractivity contribution < 1.29 is 14.3 Å². The van der Waals surface area contributed by atoms with Gasteiger partial charge in [-0.15, -0.1) is 0 Å². The minimum absolute atomic E-state index is 0.0263. The Morgan fingerprint density at radius 3 is 2.57 bits per heavy atom. The molecule has 2 N–H and O–H groups in total. The predicted molar refractivity (Wildman–Crippen MR) is 114 cm³/mol. The molecule has 2 aromatic carbocycles. The highest BCUT2D eigenvalue weighted by Gasteiger charge is 2.29. The number of hydrogen-bond donors (Lipinski definition) is 2. The van der Waals surface area contributed by atoms with Crippen LogP contribution in [0, 0.1) is 5.92 Å². The molecule has 6 nitrogen and oxygen atoms in total. The number of aromatic nitrogens is 1. The number of carbonyl (C=O) groups is 2. The van der Waals surface area contributed by atoms with E-state index in [4.69, 9.17) is 4.74 Å². The fraction of sp³-hybridized carbons (Fsp3) is 0.208. The molecular weight excluding hydrogens is 378 g/mol. The Balaban J connectivity index is 1.27. The van der Waals surface area contributed by atoms with Crippen molar-refractivity contribution >= 4 is 17.5 Å². The summed E-state index contributed by atoms with van der Waals surface area (Å²) in [5, 5.41) is 5.77. The van der Waals surface area contributed by atoms with Crippen LogP contribution in [0.1, 0.15) is 34.3 Å². The highest BCUT2D eigenvalue weighted by molar-refractivity contribution is 5.98. The maximum Gasteiger partial charge on any atom is 0.251 e. The summed E-state index contributed by atoms with van der Waals surface area (Å²) in [5.74, 6) is 0.722. The number of nitrogens with one attached hydrogen (secondary N) is 2. The minimum Gasteiger partial charge on any atom is -0.489 e. The van der Waals surface area contributed by atoms with Gasteiger partial charge in [0.25, 0.3) is 5.91 Å². The molecule has 1 aliphatic carbocycles. The van der Waals surface area contributed by atoms with Crippen molar-refractivity contribution in [3.05, 3.63) is 89.7 Å². The number of carbonyl (C=O) groups excluding carboxylic acids is 2. The Kier molecular flexibility index (Phi) is 6.03. The summed E-state index contributed by atoms with van der Waals surface area (Å²) in [6, 6.07) is 18.4. The Morgan fingerprint density at radius 2 is 1.83 bits per heavy atom. The summed E-state index contributed by atoms with van der Waals surface area (Å²) in [5.41, 5.74) is 3.13. The first-order valence-corrected chi connectivity index (χ1v) is 9.97. The van der Waals surface area contributed by atoms with Crippen LogP contribution in [0.3, 0.4) is 0 Å². The van der Waals surface area contributed by atoms with Gasteiger partial charge in [0.05, 0.1) is 0 Å². The van der Waals surface area contributed by atoms with Crippen LogP contribution in [-0.4, -0.2) is 16.8 Å². The third-order valence-electron chi connectivity index (χ3n) is 4.85. The zero-order valence-electron chi connectivity index (χ0n) is 16.5. The second kappa shape index (κ2) is 9.22. The van der Waals surface area contributed by atoms with Gasteiger partial charge in [-0.1, -0.05) is 24.3 Å². The molecule has 0 spiro atoms. The molecule has 1 heterocycles. The van der Waals surface area contributed by atoms with Crippen LogP contribution in [-0.2, 0) is 17.9 Å². The average Bonchev–Trinajstić information content (AvgIpc) is 3.63. The van der Waals surface area contributed by atoms with Gasteiger partial charge in [0.1, 0.15) is 12.4 Å². The van der Waals surface area contributed by atoms with Crippen LogP contribution in [0.2, 0.25) is 0 Å². The van der Waals surface area contributed by atoms with Crippen molar-refractivity contribution in [2.24, 2.45) is 5.92 Å². The van der Waals surface area contributed by atoms with E-state index in [9.17, 15) is 9.59 Å². The molecule has 0 atom stereocenters. The number of ether oxygens (including phenoxy) is 1. The lowest BCUT2D eigenvalue weighted by atomic mass is 10.1. The van der Waals surface area contributed by atoms with Gasteiger partial charge in [0.15, 0.2) is 0 Å². The molecule has 0 radical (unpaired) electrons. The smallest absolute Gasteiger partial charge is 0.251 e. The van der Waals surface area contributed by atoms with Crippen molar-refractivity contribution in [1.29, 1.82) is 0 Å². The fourth-order valence-electron chi connectivity index (χ4n) is 2.97. The van der Waals surface area contributed by atoms with Crippen LogP contribution in [0.5, 0.6) is 5.75 Å². The molecule has 152 valence electrons. The highest BCUT2D eigenvalue weighted by atomic mass is 16.5. The van der Waals surface area contributed by atoms with E-state index in [1.165, 1.54) is 0 Å². The number of amides is 2. The van der Waals surface area contributed by atoms with Gasteiger partial charge in [-0.05, 0) is 54.8 Å². The van der Waals surface area contributed by atoms with Gasteiger partial charge in [-0.3, -0.25) is 14.6 Å². The normalized spacial score (nSPS) is 12.8. The van der Waals surface area contributed by atoms with E-state index in [1.807, 2.05) is 36.4 Å². The van der Waals surface area contributed by atoms with Gasteiger partial charge in [0, 0.05) is 41.7 Å². The Hall–Kier alpha value is -3.67. The molecular formula is C24H23N3O3. The van der Waals surface area contributed by atoms with Gasteiger partial charge >= 0.3 is 0 Å². The lowest BCUT2D eigenvalue weighted by Gasteiger charge is -2.09. The monoisotopic (exact) mass is 401 g/mol. The van der Waals surface area contributed by atoms with Crippen molar-refractivity contribution in [3.63, 3.8) is 0 Å². The molecule has 0 saturated heterocycles. The van der Waals surface area contributed by atoms with Crippen molar-refractivity contribution in [3.8, 4) is 5.75 Å². The first-order chi connectivity index (χ1) is 14.7. The summed E-state index contributed by atoms with van der Waals surface area (Å²) >= 11 is 0. The number of benzene rings is 2. The zero-order valence-corrected chi connectivity index (χ0v) is 16.5. The van der Waals surface area contributed by atoms with Gasteiger partial charge in [0.2, 0.25) is 5.91 Å². The van der Waals surface area contributed by atoms with Crippen molar-refractivity contribution in [1.82, 2.24) is 10.3 Å². The Labute approximate surface area is 175 Å². The predicted octanol–water partition coefficient (Wildman–Crippen LogP) is 3.94. The summed E-state index contributed by atoms with van der Waals surface area (Å²) in [6.45, 7) is 0.859. The van der Waals surface area contributed by atoms with E-state index in [0.29, 0.717) is 24.4 Å². The Bertz CT molecular complexity index is 1020. The molecule has 30 heavy (non-hydrogen) atoms. The lowest BCUT2D eigenvalue weighted by molar-refractivity contribution is -0.117. The maximum atomic E-state index is 12.5. The van der Waals surface area contributed by atoms with Gasteiger partial charge in [-0.25, -0.2) is 0 Å². The first-order valence-electron chi connectivity index (χ1n) is 9.97. The van der Waals surface area contributed by atoms with Crippen LogP contribution < -0.4 is 15.4 Å². The molecule has 0 bridgehead atoms. The fourth-order valence-corrected chi connectivity index (χ4v) is 2.97. The van der Waals surface area contributed by atoms with Crippen molar-refractivity contribution in [2.45, 2.75) is 26.0 Å². The number of pyridine rings is 1. The summed E-state index contributed by atoms with van der Waals surface area (Å²) in [7, 11) is 0. The minimum atomic E-state index is -0.186. The van der Waals surface area contributed by atoms with Crippen molar-refractivity contribution in [2.75, 3.05) is 5.32 Å². The van der Waals surface area contributed by atoms with Gasteiger partial charge in [-0.2, -0.15) is 0 Å². The standard InChI is InChI=1S/C24H23N3O3/c28-23(20-4-1-5-21(13-20)27-24(29)19-8-9-19)26-15-17-6-10-22(11-7-17)30-16-18-3-2-12-25-14-18/h1-7,10-14,19H,8-9,15-16H2,(H,26,28)(H,27,29). The third-order valence-corrected chi connectivity index (χ3v) is 4.85. The van der Waals surface area contributed by atoms with Gasteiger partial charge < -0.3 is 15.4 Å². The summed E-state index contributed by atoms with van der Waals surface area (Å²) in [4.78, 5) is 28.4. The molecule has 0 aliphatic heterocycles. The van der Waals surface area contributed by atoms with Crippen LogP contribution in [0.25, 0.3) is 0 Å². The Morgan fingerprint density at radius 1 is 1.00 bits per heavy atom. The number of nitrogens with zero attached hydrogens (tertiary/aromatic N) is 1. The quantitative estimate of drug-likeness (QED) is 0.599. The summed E-state index contributed by atoms with van der Waals surface area (Å²) < 4.78 is 5.75. The summed E-state index contributed by atoms with van der Waals surface area (Å²) in [6.07, 6.45) is 5.39. The molecule has 0 unspecified atom stereocenters. The second-order valence-electron chi connectivity index (χ2n) is 7.32. The molecule has 1 fully saturated rings. The number of rotatable bonds is 8. The third kappa shape index (κ3) is 5.44. The highest BCUT2D eigenvalue weighted by Crippen LogP contribution is 2.30. The van der Waals surface area contributed by atoms with Crippen LogP contribution in [0.15, 0.2) is 73.1 Å². The molecule has 6 heteroatoms. The van der Waals surface area contributed by atoms with E-state index in [0.717, 1.165) is 29.7 Å². The van der Waals surface area contributed by atoms with E-state index in [-0.39, 0.29) is 17.7 Å². The maximum absolute atomic E-state index is 12.5. The first kappa shape index (κ1) is 19.6. The molecule has 4 rings (SSSR count). The molecule has 1 saturated carbocycles. The SMILES string of the molecule is O=C(NCc1ccc(OCc2cccnc2)cc1)c1cccc(NC(=O)C2CC2)c1.